The second kappa shape index (κ2) is 7.57. The summed E-state index contributed by atoms with van der Waals surface area (Å²) in [5.41, 5.74) is 2.02. The standard InChI is InChI=1S/C17H20N2O3S/c1-12-18-16(11-23-12)13-2-4-15(5-3-13)22-10-17(20)19-14-6-8-21-9-7-14/h2-5,11,14H,6-10H2,1H3,(H,19,20). The molecule has 2 aromatic rings. The summed E-state index contributed by atoms with van der Waals surface area (Å²) in [6.45, 7) is 3.45. The topological polar surface area (TPSA) is 60.5 Å². The van der Waals surface area contributed by atoms with Crippen LogP contribution < -0.4 is 10.1 Å². The van der Waals surface area contributed by atoms with Gasteiger partial charge in [-0.3, -0.25) is 4.79 Å². The lowest BCUT2D eigenvalue weighted by Gasteiger charge is -2.23. The Morgan fingerprint density at radius 1 is 1.35 bits per heavy atom. The second-order valence-electron chi connectivity index (χ2n) is 5.52. The molecule has 2 heterocycles. The van der Waals surface area contributed by atoms with E-state index in [-0.39, 0.29) is 18.6 Å². The average molecular weight is 332 g/mol. The number of rotatable bonds is 5. The van der Waals surface area contributed by atoms with Gasteiger partial charge in [-0.1, -0.05) is 0 Å². The number of thiazole rings is 1. The summed E-state index contributed by atoms with van der Waals surface area (Å²) >= 11 is 1.63. The molecule has 3 rings (SSSR count). The predicted molar refractivity (Wildman–Crippen MR) is 89.8 cm³/mol. The first-order valence-corrected chi connectivity index (χ1v) is 8.61. The largest absolute Gasteiger partial charge is 0.484 e. The van der Waals surface area contributed by atoms with Gasteiger partial charge < -0.3 is 14.8 Å². The van der Waals surface area contributed by atoms with Crippen molar-refractivity contribution in [3.8, 4) is 17.0 Å². The Morgan fingerprint density at radius 2 is 2.09 bits per heavy atom. The maximum atomic E-state index is 11.9. The van der Waals surface area contributed by atoms with Gasteiger partial charge in [-0.15, -0.1) is 11.3 Å². The highest BCUT2D eigenvalue weighted by Gasteiger charge is 2.16. The molecule has 1 amide bonds. The van der Waals surface area contributed by atoms with Crippen molar-refractivity contribution < 1.29 is 14.3 Å². The Hall–Kier alpha value is -1.92. The maximum Gasteiger partial charge on any atom is 0.258 e. The monoisotopic (exact) mass is 332 g/mol. The SMILES string of the molecule is Cc1nc(-c2ccc(OCC(=O)NC3CCOCC3)cc2)cs1. The van der Waals surface area contributed by atoms with Crippen LogP contribution in [-0.2, 0) is 9.53 Å². The minimum absolute atomic E-state index is 0.0342. The van der Waals surface area contributed by atoms with Gasteiger partial charge in [0.1, 0.15) is 5.75 Å². The Bertz CT molecular complexity index is 648. The summed E-state index contributed by atoms with van der Waals surface area (Å²) in [7, 11) is 0. The third-order valence-electron chi connectivity index (χ3n) is 3.73. The number of nitrogens with zero attached hydrogens (tertiary/aromatic N) is 1. The van der Waals surface area contributed by atoms with Crippen molar-refractivity contribution in [2.45, 2.75) is 25.8 Å². The maximum absolute atomic E-state index is 11.9. The van der Waals surface area contributed by atoms with Crippen LogP contribution in [0.1, 0.15) is 17.8 Å². The molecule has 0 spiro atoms. The van der Waals surface area contributed by atoms with Gasteiger partial charge in [0, 0.05) is 30.2 Å². The summed E-state index contributed by atoms with van der Waals surface area (Å²) < 4.78 is 10.8. The van der Waals surface area contributed by atoms with Crippen molar-refractivity contribution in [1.29, 1.82) is 0 Å². The van der Waals surface area contributed by atoms with Crippen molar-refractivity contribution in [3.63, 3.8) is 0 Å². The zero-order valence-corrected chi connectivity index (χ0v) is 13.9. The number of benzene rings is 1. The quantitative estimate of drug-likeness (QED) is 0.915. The molecule has 1 aromatic carbocycles. The molecule has 0 unspecified atom stereocenters. The number of carbonyl (C=O) groups excluding carboxylic acids is 1. The van der Waals surface area contributed by atoms with Gasteiger partial charge in [-0.2, -0.15) is 0 Å². The Labute approximate surface area is 139 Å². The normalized spacial score (nSPS) is 15.3. The predicted octanol–water partition coefficient (Wildman–Crippen LogP) is 2.79. The third-order valence-corrected chi connectivity index (χ3v) is 4.50. The van der Waals surface area contributed by atoms with E-state index in [1.807, 2.05) is 36.6 Å². The van der Waals surface area contributed by atoms with E-state index in [1.54, 1.807) is 11.3 Å². The fourth-order valence-electron chi connectivity index (χ4n) is 2.48. The van der Waals surface area contributed by atoms with Gasteiger partial charge in [0.05, 0.1) is 10.7 Å². The third kappa shape index (κ3) is 4.53. The first-order valence-electron chi connectivity index (χ1n) is 7.73. The Balaban J connectivity index is 1.49. The molecule has 1 saturated heterocycles. The summed E-state index contributed by atoms with van der Waals surface area (Å²) in [6, 6.07) is 7.85. The number of amides is 1. The van der Waals surface area contributed by atoms with Crippen molar-refractivity contribution in [1.82, 2.24) is 10.3 Å². The van der Waals surface area contributed by atoms with Crippen LogP contribution in [0.15, 0.2) is 29.6 Å². The lowest BCUT2D eigenvalue weighted by Crippen LogP contribution is -2.41. The molecule has 0 atom stereocenters. The lowest BCUT2D eigenvalue weighted by atomic mass is 10.1. The molecule has 1 N–H and O–H groups in total. The average Bonchev–Trinajstić information content (AvgIpc) is 3.01. The van der Waals surface area contributed by atoms with Crippen LogP contribution >= 0.6 is 11.3 Å². The first kappa shape index (κ1) is 16.0. The zero-order chi connectivity index (χ0) is 16.1. The second-order valence-corrected chi connectivity index (χ2v) is 6.58. The molecule has 0 aliphatic carbocycles. The zero-order valence-electron chi connectivity index (χ0n) is 13.1. The van der Waals surface area contributed by atoms with Crippen LogP contribution in [-0.4, -0.2) is 36.8 Å². The number of hydrogen-bond donors (Lipinski definition) is 1. The molecule has 6 heteroatoms. The van der Waals surface area contributed by atoms with Crippen LogP contribution in [0.2, 0.25) is 0 Å². The van der Waals surface area contributed by atoms with Crippen LogP contribution in [0.25, 0.3) is 11.3 Å². The fourth-order valence-corrected chi connectivity index (χ4v) is 3.10. The van der Waals surface area contributed by atoms with Crippen molar-refractivity contribution in [2.24, 2.45) is 0 Å². The van der Waals surface area contributed by atoms with Crippen LogP contribution in [0.4, 0.5) is 0 Å². The highest BCUT2D eigenvalue weighted by atomic mass is 32.1. The molecule has 1 aromatic heterocycles. The molecule has 0 bridgehead atoms. The van der Waals surface area contributed by atoms with E-state index in [0.717, 1.165) is 29.1 Å². The minimum Gasteiger partial charge on any atom is -0.484 e. The summed E-state index contributed by atoms with van der Waals surface area (Å²) in [6.07, 6.45) is 1.74. The van der Waals surface area contributed by atoms with Crippen molar-refractivity contribution >= 4 is 17.2 Å². The summed E-state index contributed by atoms with van der Waals surface area (Å²) in [5, 5.41) is 6.06. The molecule has 5 nitrogen and oxygen atoms in total. The van der Waals surface area contributed by atoms with Crippen LogP contribution in [0.3, 0.4) is 0 Å². The van der Waals surface area contributed by atoms with Crippen LogP contribution in [0, 0.1) is 6.92 Å². The lowest BCUT2D eigenvalue weighted by molar-refractivity contribution is -0.124. The van der Waals surface area contributed by atoms with Gasteiger partial charge in [-0.05, 0) is 44.0 Å². The molecule has 0 radical (unpaired) electrons. The summed E-state index contributed by atoms with van der Waals surface area (Å²) in [4.78, 5) is 16.3. The number of ether oxygens (including phenoxy) is 2. The van der Waals surface area contributed by atoms with E-state index in [1.165, 1.54) is 0 Å². The van der Waals surface area contributed by atoms with E-state index >= 15 is 0 Å². The highest BCUT2D eigenvalue weighted by Crippen LogP contribution is 2.23. The molecule has 23 heavy (non-hydrogen) atoms. The number of aryl methyl sites for hydroxylation is 1. The van der Waals surface area contributed by atoms with Gasteiger partial charge in [0.15, 0.2) is 6.61 Å². The number of aromatic nitrogens is 1. The van der Waals surface area contributed by atoms with E-state index in [2.05, 4.69) is 10.3 Å². The Morgan fingerprint density at radius 3 is 2.74 bits per heavy atom. The number of carbonyl (C=O) groups is 1. The number of nitrogens with one attached hydrogen (secondary N) is 1. The molecular weight excluding hydrogens is 312 g/mol. The Kier molecular flexibility index (Phi) is 5.25. The molecular formula is C17H20N2O3S. The van der Waals surface area contributed by atoms with E-state index in [4.69, 9.17) is 9.47 Å². The smallest absolute Gasteiger partial charge is 0.258 e. The van der Waals surface area contributed by atoms with E-state index in [0.29, 0.717) is 19.0 Å². The van der Waals surface area contributed by atoms with Gasteiger partial charge >= 0.3 is 0 Å². The molecule has 0 saturated carbocycles. The van der Waals surface area contributed by atoms with Gasteiger partial charge in [0.25, 0.3) is 5.91 Å². The summed E-state index contributed by atoms with van der Waals surface area (Å²) in [5.74, 6) is 0.596. The molecule has 1 aliphatic heterocycles. The van der Waals surface area contributed by atoms with Crippen molar-refractivity contribution in [3.05, 3.63) is 34.7 Å². The fraction of sp³-hybridized carbons (Fsp3) is 0.412. The van der Waals surface area contributed by atoms with Crippen molar-refractivity contribution in [2.75, 3.05) is 19.8 Å². The number of hydrogen-bond acceptors (Lipinski definition) is 5. The van der Waals surface area contributed by atoms with Crippen LogP contribution in [0.5, 0.6) is 5.75 Å². The highest BCUT2D eigenvalue weighted by molar-refractivity contribution is 7.09. The van der Waals surface area contributed by atoms with Gasteiger partial charge in [-0.25, -0.2) is 4.98 Å². The minimum atomic E-state index is -0.0869. The van der Waals surface area contributed by atoms with Gasteiger partial charge in [0.2, 0.25) is 0 Å². The molecule has 1 fully saturated rings. The van der Waals surface area contributed by atoms with E-state index < -0.39 is 0 Å². The molecule has 122 valence electrons. The molecule has 1 aliphatic rings. The van der Waals surface area contributed by atoms with E-state index in [9.17, 15) is 4.79 Å². The first-order chi connectivity index (χ1) is 11.2.